The van der Waals surface area contributed by atoms with Crippen LogP contribution in [0.25, 0.3) is 0 Å². The quantitative estimate of drug-likeness (QED) is 0.860. The predicted octanol–water partition coefficient (Wildman–Crippen LogP) is 2.57. The van der Waals surface area contributed by atoms with Gasteiger partial charge in [0, 0.05) is 51.0 Å². The van der Waals surface area contributed by atoms with Gasteiger partial charge >= 0.3 is 0 Å². The summed E-state index contributed by atoms with van der Waals surface area (Å²) in [6.45, 7) is 4.55. The summed E-state index contributed by atoms with van der Waals surface area (Å²) in [4.78, 5) is 21.8. The van der Waals surface area contributed by atoms with Crippen molar-refractivity contribution in [3.05, 3.63) is 52.5 Å². The van der Waals surface area contributed by atoms with Crippen LogP contribution in [-0.2, 0) is 6.42 Å². The zero-order valence-corrected chi connectivity index (χ0v) is 14.0. The lowest BCUT2D eigenvalue weighted by Crippen LogP contribution is -2.49. The second kappa shape index (κ2) is 8.27. The highest BCUT2D eigenvalue weighted by Crippen LogP contribution is 2.14. The monoisotopic (exact) mass is 337 g/mol. The lowest BCUT2D eigenvalue weighted by molar-refractivity contribution is 0.0643. The van der Waals surface area contributed by atoms with Gasteiger partial charge in [-0.05, 0) is 23.6 Å². The van der Waals surface area contributed by atoms with Gasteiger partial charge in [0.05, 0.1) is 4.88 Å². The molecule has 0 bridgehead atoms. The van der Waals surface area contributed by atoms with E-state index in [1.165, 1.54) is 11.3 Å². The molecule has 4 nitrogen and oxygen atoms in total. The molecule has 1 fully saturated rings. The smallest absolute Gasteiger partial charge is 0.264 e. The second-order valence-electron chi connectivity index (χ2n) is 5.18. The van der Waals surface area contributed by atoms with Crippen molar-refractivity contribution in [3.63, 3.8) is 0 Å². The Balaban J connectivity index is 0.00000176. The number of thiophene rings is 1. The topological polar surface area (TPSA) is 36.4 Å². The van der Waals surface area contributed by atoms with Crippen LogP contribution in [0.15, 0.2) is 41.9 Å². The van der Waals surface area contributed by atoms with E-state index in [0.29, 0.717) is 0 Å². The Kier molecular flexibility index (Phi) is 6.36. The molecule has 0 spiro atoms. The van der Waals surface area contributed by atoms with Gasteiger partial charge < -0.3 is 4.90 Å². The molecule has 1 amide bonds. The molecule has 0 aliphatic carbocycles. The molecule has 2 aromatic heterocycles. The first-order valence-corrected chi connectivity index (χ1v) is 8.16. The molecule has 22 heavy (non-hydrogen) atoms. The highest BCUT2D eigenvalue weighted by molar-refractivity contribution is 7.12. The van der Waals surface area contributed by atoms with E-state index in [1.54, 1.807) is 0 Å². The summed E-state index contributed by atoms with van der Waals surface area (Å²) in [6, 6.07) is 9.87. The SMILES string of the molecule is Cl.O=C(c1cccs1)N1CCN(CCc2ccccn2)CC1. The van der Waals surface area contributed by atoms with Gasteiger partial charge in [0.2, 0.25) is 0 Å². The van der Waals surface area contributed by atoms with Gasteiger partial charge in [-0.25, -0.2) is 0 Å². The van der Waals surface area contributed by atoms with Gasteiger partial charge in [0.25, 0.3) is 5.91 Å². The van der Waals surface area contributed by atoms with Gasteiger partial charge in [-0.2, -0.15) is 0 Å². The average Bonchev–Trinajstić information content (AvgIpc) is 3.08. The zero-order valence-electron chi connectivity index (χ0n) is 12.4. The third-order valence-electron chi connectivity index (χ3n) is 3.80. The van der Waals surface area contributed by atoms with E-state index >= 15 is 0 Å². The molecule has 0 radical (unpaired) electrons. The number of aromatic nitrogens is 1. The fourth-order valence-electron chi connectivity index (χ4n) is 2.55. The van der Waals surface area contributed by atoms with Gasteiger partial charge in [0.1, 0.15) is 0 Å². The number of hydrogen-bond donors (Lipinski definition) is 0. The van der Waals surface area contributed by atoms with Crippen LogP contribution < -0.4 is 0 Å². The molecule has 0 aromatic carbocycles. The lowest BCUT2D eigenvalue weighted by Gasteiger charge is -2.34. The normalized spacial score (nSPS) is 15.4. The number of halogens is 1. The third kappa shape index (κ3) is 4.29. The van der Waals surface area contributed by atoms with E-state index in [9.17, 15) is 4.79 Å². The Labute approximate surface area is 141 Å². The van der Waals surface area contributed by atoms with Gasteiger partial charge in [-0.1, -0.05) is 12.1 Å². The number of carbonyl (C=O) groups is 1. The largest absolute Gasteiger partial charge is 0.335 e. The van der Waals surface area contributed by atoms with Crippen LogP contribution in [0.2, 0.25) is 0 Å². The van der Waals surface area contributed by atoms with Crippen LogP contribution in [0.4, 0.5) is 0 Å². The van der Waals surface area contributed by atoms with E-state index < -0.39 is 0 Å². The Morgan fingerprint density at radius 2 is 1.95 bits per heavy atom. The Bertz CT molecular complexity index is 568. The number of amides is 1. The minimum absolute atomic E-state index is 0. The molecule has 3 rings (SSSR count). The summed E-state index contributed by atoms with van der Waals surface area (Å²) >= 11 is 1.52. The van der Waals surface area contributed by atoms with Crippen LogP contribution in [0.1, 0.15) is 15.4 Å². The summed E-state index contributed by atoms with van der Waals surface area (Å²) < 4.78 is 0. The van der Waals surface area contributed by atoms with Gasteiger partial charge in [0.15, 0.2) is 0 Å². The molecular formula is C16H20ClN3OS. The molecule has 2 aromatic rings. The molecule has 118 valence electrons. The Morgan fingerprint density at radius 1 is 1.14 bits per heavy atom. The third-order valence-corrected chi connectivity index (χ3v) is 4.66. The zero-order chi connectivity index (χ0) is 14.5. The van der Waals surface area contributed by atoms with Crippen molar-refractivity contribution < 1.29 is 4.79 Å². The van der Waals surface area contributed by atoms with Crippen molar-refractivity contribution in [2.45, 2.75) is 6.42 Å². The molecule has 6 heteroatoms. The van der Waals surface area contributed by atoms with Crippen LogP contribution >= 0.6 is 23.7 Å². The summed E-state index contributed by atoms with van der Waals surface area (Å²) in [5.41, 5.74) is 1.13. The molecule has 1 aliphatic rings. The number of rotatable bonds is 4. The van der Waals surface area contributed by atoms with Crippen LogP contribution in [-0.4, -0.2) is 53.4 Å². The highest BCUT2D eigenvalue weighted by Gasteiger charge is 2.22. The maximum absolute atomic E-state index is 12.3. The van der Waals surface area contributed by atoms with E-state index in [-0.39, 0.29) is 18.3 Å². The summed E-state index contributed by atoms with van der Waals surface area (Å²) in [5, 5.41) is 1.95. The lowest BCUT2D eigenvalue weighted by atomic mass is 10.2. The molecule has 3 heterocycles. The Morgan fingerprint density at radius 3 is 2.59 bits per heavy atom. The minimum Gasteiger partial charge on any atom is -0.335 e. The van der Waals surface area contributed by atoms with E-state index in [0.717, 1.165) is 49.7 Å². The minimum atomic E-state index is 0. The maximum Gasteiger partial charge on any atom is 0.264 e. The van der Waals surface area contributed by atoms with Crippen molar-refractivity contribution in [2.24, 2.45) is 0 Å². The summed E-state index contributed by atoms with van der Waals surface area (Å²) in [7, 11) is 0. The van der Waals surface area contributed by atoms with Crippen molar-refractivity contribution in [3.8, 4) is 0 Å². The van der Waals surface area contributed by atoms with E-state index in [1.807, 2.05) is 40.7 Å². The molecule has 0 saturated carbocycles. The predicted molar refractivity (Wildman–Crippen MR) is 91.9 cm³/mol. The first kappa shape index (κ1) is 16.9. The summed E-state index contributed by atoms with van der Waals surface area (Å²) in [6.07, 6.45) is 2.81. The number of nitrogens with zero attached hydrogens (tertiary/aromatic N) is 3. The molecule has 0 N–H and O–H groups in total. The number of piperazine rings is 1. The van der Waals surface area contributed by atoms with Crippen molar-refractivity contribution in [1.82, 2.24) is 14.8 Å². The second-order valence-corrected chi connectivity index (χ2v) is 6.13. The van der Waals surface area contributed by atoms with Gasteiger partial charge in [-0.3, -0.25) is 14.7 Å². The van der Waals surface area contributed by atoms with Gasteiger partial charge in [-0.15, -0.1) is 23.7 Å². The summed E-state index contributed by atoms with van der Waals surface area (Å²) in [5.74, 6) is 0.175. The molecular weight excluding hydrogens is 318 g/mol. The van der Waals surface area contributed by atoms with Crippen molar-refractivity contribution >= 4 is 29.7 Å². The molecule has 1 aliphatic heterocycles. The van der Waals surface area contributed by atoms with Crippen LogP contribution in [0, 0.1) is 0 Å². The van der Waals surface area contributed by atoms with Crippen molar-refractivity contribution in [1.29, 1.82) is 0 Å². The maximum atomic E-state index is 12.3. The number of carbonyl (C=O) groups excluding carboxylic acids is 1. The Hall–Kier alpha value is -1.43. The fraction of sp³-hybridized carbons (Fsp3) is 0.375. The molecule has 1 saturated heterocycles. The van der Waals surface area contributed by atoms with E-state index in [2.05, 4.69) is 16.0 Å². The van der Waals surface area contributed by atoms with Crippen LogP contribution in [0.5, 0.6) is 0 Å². The molecule has 0 unspecified atom stereocenters. The first-order valence-electron chi connectivity index (χ1n) is 7.28. The van der Waals surface area contributed by atoms with E-state index in [4.69, 9.17) is 0 Å². The van der Waals surface area contributed by atoms with Crippen LogP contribution in [0.3, 0.4) is 0 Å². The molecule has 0 atom stereocenters. The highest BCUT2D eigenvalue weighted by atomic mass is 35.5. The first-order chi connectivity index (χ1) is 10.3. The number of hydrogen-bond acceptors (Lipinski definition) is 4. The fourth-order valence-corrected chi connectivity index (χ4v) is 3.24. The van der Waals surface area contributed by atoms with Crippen molar-refractivity contribution in [2.75, 3.05) is 32.7 Å². The standard InChI is InChI=1S/C16H19N3OS.ClH/c20-16(15-5-3-13-21-15)19-11-9-18(10-12-19)8-6-14-4-1-2-7-17-14;/h1-5,7,13H,6,8-12H2;1H. The average molecular weight is 338 g/mol. The number of pyridine rings is 1.